The van der Waals surface area contributed by atoms with Gasteiger partial charge in [0.25, 0.3) is 0 Å². The number of rotatable bonds is 23. The minimum atomic E-state index is -2.34. The predicted octanol–water partition coefficient (Wildman–Crippen LogP) is -14.0. The summed E-state index contributed by atoms with van der Waals surface area (Å²) in [7, 11) is 0. The van der Waals surface area contributed by atoms with Gasteiger partial charge >= 0.3 is 0 Å². The van der Waals surface area contributed by atoms with Crippen LogP contribution in [0.5, 0.6) is 0 Å². The molecule has 5 aliphatic rings. The van der Waals surface area contributed by atoms with Gasteiger partial charge in [0.2, 0.25) is 17.7 Å². The molecule has 3 amide bonds. The van der Waals surface area contributed by atoms with Crippen LogP contribution in [0.25, 0.3) is 0 Å². The minimum Gasteiger partial charge on any atom is -0.394 e. The van der Waals surface area contributed by atoms with Crippen molar-refractivity contribution in [3.63, 3.8) is 0 Å². The van der Waals surface area contributed by atoms with E-state index in [1.165, 1.54) is 0 Å². The minimum absolute atomic E-state index is 0.818. The maximum atomic E-state index is 12.6. The molecule has 0 radical (unpaired) electrons. The van der Waals surface area contributed by atoms with E-state index >= 15 is 0 Å². The van der Waals surface area contributed by atoms with Crippen LogP contribution in [0, 0.1) is 0 Å². The lowest BCUT2D eigenvalue weighted by Crippen LogP contribution is -2.70. The molecule has 34 heteroatoms. The highest BCUT2D eigenvalue weighted by atomic mass is 16.8. The zero-order valence-corrected chi connectivity index (χ0v) is 41.0. The smallest absolute Gasteiger partial charge is 0.217 e. The van der Waals surface area contributed by atoms with Gasteiger partial charge in [-0.1, -0.05) is 0 Å². The first-order chi connectivity index (χ1) is 35.9. The van der Waals surface area contributed by atoms with Gasteiger partial charge < -0.3 is 155 Å². The monoisotopic (exact) mass is 1120 g/mol. The van der Waals surface area contributed by atoms with Crippen LogP contribution in [0.2, 0.25) is 0 Å². The molecule has 0 saturated carbocycles. The molecule has 0 aromatic rings. The van der Waals surface area contributed by atoms with Crippen LogP contribution < -0.4 is 16.0 Å². The number of aliphatic hydroxyl groups is 18. The summed E-state index contributed by atoms with van der Waals surface area (Å²) in [5.41, 5.74) is 0. The van der Waals surface area contributed by atoms with Crippen LogP contribution in [0.3, 0.4) is 0 Å². The maximum Gasteiger partial charge on any atom is 0.217 e. The second kappa shape index (κ2) is 28.6. The molecule has 1 unspecified atom stereocenters. The van der Waals surface area contributed by atoms with Gasteiger partial charge in [0.05, 0.1) is 52.3 Å². The van der Waals surface area contributed by atoms with Gasteiger partial charge in [0.15, 0.2) is 31.5 Å². The molecule has 34 nitrogen and oxygen atoms in total. The number of hydrogen-bond donors (Lipinski definition) is 21. The number of hydrogen-bond acceptors (Lipinski definition) is 31. The Morgan fingerprint density at radius 3 is 1.29 bits per heavy atom. The first kappa shape index (κ1) is 64.1. The Labute approximate surface area is 431 Å². The number of amides is 3. The quantitative estimate of drug-likeness (QED) is 0.0452. The number of nitrogens with one attached hydrogen (secondary N) is 3. The summed E-state index contributed by atoms with van der Waals surface area (Å²) in [6.07, 6.45) is -50.4. The van der Waals surface area contributed by atoms with Crippen molar-refractivity contribution >= 4 is 17.7 Å². The summed E-state index contributed by atoms with van der Waals surface area (Å²) in [6.45, 7) is -3.95. The second-order valence-electron chi connectivity index (χ2n) is 18.8. The van der Waals surface area contributed by atoms with E-state index in [1.807, 2.05) is 0 Å². The molecule has 5 fully saturated rings. The van der Waals surface area contributed by atoms with Crippen LogP contribution in [0.4, 0.5) is 0 Å². The van der Waals surface area contributed by atoms with Crippen molar-refractivity contribution in [1.29, 1.82) is 0 Å². The molecule has 0 spiro atoms. The number of carbonyl (C=O) groups is 3. The molecule has 0 bridgehead atoms. The van der Waals surface area contributed by atoms with Gasteiger partial charge in [0, 0.05) is 20.8 Å². The standard InChI is InChI=1S/C42H73N3O31/c1-11(52)43-14(4-46)34(23(56)15(55)5-47)73-42-33(66)37(76-39-22(45-13(3)54)28(61)36(19(9-51)71-39)75-41-32(65)30(63)25(58)17(7-49)69-41)26(59)20(72-42)10-67-38-21(44-12(2)53)27(60)35(18(8-50)70-38)74-40-31(64)29(62)24(57)16(6-48)68-40/h14-42,46-51,55-66H,4-10H2,1-3H3,(H,43,52)(H,44,53)(H,45,54)/t14-,15+,16+,17+,18+,19+,20+,21+,22+,23-,24-,25-,26-,27-,28+,29-,30+,31+,32+,33+,34+,35+,36+,37-,38+,39-,40-,41-,42?/m0/s1. The van der Waals surface area contributed by atoms with E-state index in [0.29, 0.717) is 0 Å². The van der Waals surface area contributed by atoms with E-state index in [2.05, 4.69) is 16.0 Å². The molecule has 76 heavy (non-hydrogen) atoms. The third kappa shape index (κ3) is 14.8. The number of carbonyl (C=O) groups excluding carboxylic acids is 3. The normalized spacial score (nSPS) is 43.8. The molecule has 5 aliphatic heterocycles. The summed E-state index contributed by atoms with van der Waals surface area (Å²) >= 11 is 0. The Bertz CT molecular complexity index is 1820. The van der Waals surface area contributed by atoms with E-state index in [9.17, 15) is 106 Å². The third-order valence-corrected chi connectivity index (χ3v) is 13.3. The number of aliphatic hydroxyl groups excluding tert-OH is 18. The number of ether oxygens (including phenoxy) is 10. The molecule has 0 aliphatic carbocycles. The average molecular weight is 1120 g/mol. The van der Waals surface area contributed by atoms with E-state index in [1.54, 1.807) is 0 Å². The zero-order valence-electron chi connectivity index (χ0n) is 41.0. The summed E-state index contributed by atoms with van der Waals surface area (Å²) in [5.74, 6) is -2.53. The molecule has 442 valence electrons. The van der Waals surface area contributed by atoms with Crippen molar-refractivity contribution in [3.8, 4) is 0 Å². The molecule has 0 aromatic carbocycles. The lowest BCUT2D eigenvalue weighted by molar-refractivity contribution is -0.376. The molecule has 29 atom stereocenters. The lowest BCUT2D eigenvalue weighted by atomic mass is 9.94. The Balaban J connectivity index is 1.48. The zero-order chi connectivity index (χ0) is 56.6. The second-order valence-corrected chi connectivity index (χ2v) is 18.8. The predicted molar refractivity (Wildman–Crippen MR) is 236 cm³/mol. The van der Waals surface area contributed by atoms with E-state index in [0.717, 1.165) is 20.8 Å². The van der Waals surface area contributed by atoms with Crippen LogP contribution >= 0.6 is 0 Å². The molecule has 5 rings (SSSR count). The molecule has 5 saturated heterocycles. The Morgan fingerprint density at radius 2 is 0.868 bits per heavy atom. The van der Waals surface area contributed by atoms with Gasteiger partial charge in [-0.25, -0.2) is 0 Å². The first-order valence-corrected chi connectivity index (χ1v) is 24.0. The van der Waals surface area contributed by atoms with Gasteiger partial charge in [0.1, 0.15) is 140 Å². The van der Waals surface area contributed by atoms with Gasteiger partial charge in [-0.2, -0.15) is 0 Å². The van der Waals surface area contributed by atoms with E-state index in [4.69, 9.17) is 47.4 Å². The topological polar surface area (TPSA) is 544 Å². The van der Waals surface area contributed by atoms with Crippen LogP contribution in [-0.4, -0.2) is 334 Å². The highest BCUT2D eigenvalue weighted by molar-refractivity contribution is 5.74. The fourth-order valence-electron chi connectivity index (χ4n) is 9.22. The van der Waals surface area contributed by atoms with Crippen molar-refractivity contribution in [2.45, 2.75) is 199 Å². The van der Waals surface area contributed by atoms with E-state index < -0.39 is 242 Å². The fraction of sp³-hybridized carbons (Fsp3) is 0.929. The molecular formula is C42H73N3O31. The van der Waals surface area contributed by atoms with Crippen molar-refractivity contribution < 1.29 is 154 Å². The fourth-order valence-corrected chi connectivity index (χ4v) is 9.22. The lowest BCUT2D eigenvalue weighted by Gasteiger charge is -2.50. The molecule has 0 aromatic heterocycles. The summed E-state index contributed by atoms with van der Waals surface area (Å²) in [5, 5.41) is 199. The van der Waals surface area contributed by atoms with Gasteiger partial charge in [-0.3, -0.25) is 14.4 Å². The van der Waals surface area contributed by atoms with Crippen molar-refractivity contribution in [1.82, 2.24) is 16.0 Å². The van der Waals surface area contributed by atoms with Crippen LogP contribution in [0.1, 0.15) is 20.8 Å². The Hall–Kier alpha value is -2.71. The molecular weight excluding hydrogens is 1040 g/mol. The van der Waals surface area contributed by atoms with Crippen molar-refractivity contribution in [2.75, 3.05) is 46.2 Å². The Kier molecular flexibility index (Phi) is 24.1. The summed E-state index contributed by atoms with van der Waals surface area (Å²) < 4.78 is 57.8. The highest BCUT2D eigenvalue weighted by Crippen LogP contribution is 2.35. The van der Waals surface area contributed by atoms with Crippen LogP contribution in [0.15, 0.2) is 0 Å². The SMILES string of the molecule is CC(=O)N[C@H]1[C@H](O[C@H]2[C@@H](O)[C@@H](CO[C@@H]3O[C@H](CO)[C@@H](O[C@@H]4O[C@H](CO)[C@H](O)[C@H](O)[C@H]4O)[C@@H](O)[C@H]3NC(C)=O)OC(O[C@@H]([C@@H](O)[C@H](O)CO)[C@H](CO)NC(C)=O)[C@@H]2O)O[C@H](CO)[C@@H](O[C@@H]2O[C@H](CO)[C@H](O)[C@@H](O)[C@H]2O)[C@@H]1O. The summed E-state index contributed by atoms with van der Waals surface area (Å²) in [6, 6.07) is -5.18. The van der Waals surface area contributed by atoms with Gasteiger partial charge in [-0.15, -0.1) is 0 Å². The maximum absolute atomic E-state index is 12.6. The highest BCUT2D eigenvalue weighted by Gasteiger charge is 2.57. The van der Waals surface area contributed by atoms with Crippen LogP contribution in [-0.2, 0) is 61.8 Å². The van der Waals surface area contributed by atoms with Gasteiger partial charge in [-0.05, 0) is 0 Å². The Morgan fingerprint density at radius 1 is 0.447 bits per heavy atom. The third-order valence-electron chi connectivity index (χ3n) is 13.3. The summed E-state index contributed by atoms with van der Waals surface area (Å²) in [4.78, 5) is 37.4. The van der Waals surface area contributed by atoms with Crippen molar-refractivity contribution in [2.24, 2.45) is 0 Å². The van der Waals surface area contributed by atoms with E-state index in [-0.39, 0.29) is 0 Å². The molecule has 5 heterocycles. The van der Waals surface area contributed by atoms with Crippen molar-refractivity contribution in [3.05, 3.63) is 0 Å². The first-order valence-electron chi connectivity index (χ1n) is 24.0. The average Bonchev–Trinajstić information content (AvgIpc) is 3.38. The largest absolute Gasteiger partial charge is 0.394 e. The molecule has 21 N–H and O–H groups in total.